The third kappa shape index (κ3) is 20.6. The van der Waals surface area contributed by atoms with E-state index in [0.29, 0.717) is 12.8 Å². The molecule has 1 rings (SSSR count). The number of aliphatic hydroxyl groups excluding tert-OH is 5. The molecule has 0 bridgehead atoms. The largest absolute Gasteiger partial charge is 0.472 e. The van der Waals surface area contributed by atoms with Crippen LogP contribution in [0.25, 0.3) is 0 Å². The summed E-state index contributed by atoms with van der Waals surface area (Å²) < 4.78 is 33.1. The van der Waals surface area contributed by atoms with Crippen molar-refractivity contribution in [2.24, 2.45) is 0 Å². The maximum absolute atomic E-state index is 12.7. The molecule has 50 heavy (non-hydrogen) atoms. The van der Waals surface area contributed by atoms with Crippen molar-refractivity contribution in [3.8, 4) is 0 Å². The Hall–Kier alpha value is -2.19. The second kappa shape index (κ2) is 27.5. The van der Waals surface area contributed by atoms with E-state index >= 15 is 0 Å². The minimum atomic E-state index is -5.11. The highest BCUT2D eigenvalue weighted by atomic mass is 31.2. The van der Waals surface area contributed by atoms with Gasteiger partial charge in [0.2, 0.25) is 0 Å². The molecule has 6 unspecified atom stereocenters. The summed E-state index contributed by atoms with van der Waals surface area (Å²) in [6.07, 6.45) is 15.3. The second-order valence-corrected chi connectivity index (χ2v) is 13.8. The number of carbonyl (C=O) groups excluding carboxylic acids is 2. The molecule has 1 aliphatic carbocycles. The Morgan fingerprint density at radius 2 is 1.14 bits per heavy atom. The van der Waals surface area contributed by atoms with E-state index in [1.807, 2.05) is 6.08 Å². The third-order valence-corrected chi connectivity index (χ3v) is 8.92. The molecule has 0 heterocycles. The highest BCUT2D eigenvalue weighted by Gasteiger charge is 2.51. The Morgan fingerprint density at radius 3 is 1.74 bits per heavy atom. The third-order valence-electron chi connectivity index (χ3n) is 7.93. The van der Waals surface area contributed by atoms with Crippen molar-refractivity contribution in [1.82, 2.24) is 0 Å². The number of esters is 2. The lowest BCUT2D eigenvalue weighted by Crippen LogP contribution is -2.64. The van der Waals surface area contributed by atoms with Crippen LogP contribution in [0.15, 0.2) is 48.6 Å². The Morgan fingerprint density at radius 1 is 0.640 bits per heavy atom. The monoisotopic (exact) mass is 732 g/mol. The van der Waals surface area contributed by atoms with E-state index < -0.39 is 75.7 Å². The van der Waals surface area contributed by atoms with Gasteiger partial charge in [-0.3, -0.25) is 18.6 Å². The second-order valence-electron chi connectivity index (χ2n) is 12.3. The molecule has 1 fully saturated rings. The fourth-order valence-corrected chi connectivity index (χ4v) is 5.95. The molecule has 288 valence electrons. The summed E-state index contributed by atoms with van der Waals surface area (Å²) in [6.45, 7) is 3.01. The minimum absolute atomic E-state index is 0.0432. The molecular weight excluding hydrogens is 671 g/mol. The summed E-state index contributed by atoms with van der Waals surface area (Å²) in [4.78, 5) is 35.2. The molecule has 6 N–H and O–H groups in total. The molecule has 0 saturated heterocycles. The summed E-state index contributed by atoms with van der Waals surface area (Å²) in [7, 11) is -5.11. The standard InChI is InChI=1S/C36H61O13P/c1-3-5-7-9-11-12-13-14-15-16-17-18-19-21-23-25-30(38)48-28(26-46-29(37)24-22-20-10-8-6-4-2)27-47-50(44,45)49-36-34(42)32(40)31(39)33(41)35(36)43/h5,7,11-12,14-15,17-18,28,31-36,39-43H,3-4,6,8-10,13,16,19-27H2,1-2H3,(H,44,45)/b7-5-,12-11-,15-14-,18-17-. The lowest BCUT2D eigenvalue weighted by molar-refractivity contribution is -0.220. The molecule has 0 aromatic heterocycles. The average molecular weight is 733 g/mol. The van der Waals surface area contributed by atoms with Crippen LogP contribution < -0.4 is 0 Å². The van der Waals surface area contributed by atoms with Crippen LogP contribution >= 0.6 is 7.82 Å². The zero-order valence-electron chi connectivity index (χ0n) is 29.7. The molecule has 0 radical (unpaired) electrons. The van der Waals surface area contributed by atoms with Gasteiger partial charge in [-0.2, -0.15) is 0 Å². The van der Waals surface area contributed by atoms with E-state index in [2.05, 4.69) is 56.4 Å². The fourth-order valence-electron chi connectivity index (χ4n) is 4.98. The Kier molecular flexibility index (Phi) is 25.2. The number of phosphoric ester groups is 1. The normalized spacial score (nSPS) is 24.7. The number of unbranched alkanes of at least 4 members (excludes halogenated alkanes) is 7. The molecule has 0 aromatic carbocycles. The van der Waals surface area contributed by atoms with Crippen LogP contribution in [0.5, 0.6) is 0 Å². The van der Waals surface area contributed by atoms with Crippen molar-refractivity contribution in [3.63, 3.8) is 0 Å². The fraction of sp³-hybridized carbons (Fsp3) is 0.722. The van der Waals surface area contributed by atoms with Gasteiger partial charge in [0.1, 0.15) is 43.2 Å². The van der Waals surface area contributed by atoms with Crippen molar-refractivity contribution in [2.45, 2.75) is 153 Å². The van der Waals surface area contributed by atoms with E-state index in [-0.39, 0.29) is 12.8 Å². The van der Waals surface area contributed by atoms with Gasteiger partial charge in [0, 0.05) is 12.8 Å². The van der Waals surface area contributed by atoms with Gasteiger partial charge in [0.15, 0.2) is 6.10 Å². The Balaban J connectivity index is 2.59. The number of aliphatic hydroxyl groups is 5. The first-order valence-electron chi connectivity index (χ1n) is 17.9. The molecule has 0 aromatic rings. The van der Waals surface area contributed by atoms with Crippen LogP contribution in [0.2, 0.25) is 0 Å². The molecule has 13 nitrogen and oxygen atoms in total. The number of hydrogen-bond acceptors (Lipinski definition) is 12. The molecule has 0 spiro atoms. The van der Waals surface area contributed by atoms with E-state index in [4.69, 9.17) is 18.5 Å². The lowest BCUT2D eigenvalue weighted by Gasteiger charge is -2.41. The summed E-state index contributed by atoms with van der Waals surface area (Å²) in [5, 5.41) is 49.7. The van der Waals surface area contributed by atoms with Crippen LogP contribution in [0.4, 0.5) is 0 Å². The number of phosphoric acid groups is 1. The molecule has 1 aliphatic rings. The van der Waals surface area contributed by atoms with Crippen molar-refractivity contribution < 1.29 is 63.1 Å². The molecule has 14 heteroatoms. The van der Waals surface area contributed by atoms with Gasteiger partial charge >= 0.3 is 19.8 Å². The number of carbonyl (C=O) groups is 2. The van der Waals surface area contributed by atoms with Crippen molar-refractivity contribution in [1.29, 1.82) is 0 Å². The zero-order valence-corrected chi connectivity index (χ0v) is 30.6. The predicted molar refractivity (Wildman–Crippen MR) is 189 cm³/mol. The predicted octanol–water partition coefficient (Wildman–Crippen LogP) is 4.88. The molecule has 0 aliphatic heterocycles. The topological polar surface area (TPSA) is 210 Å². The number of ether oxygens (including phenoxy) is 2. The first kappa shape index (κ1) is 45.8. The first-order valence-corrected chi connectivity index (χ1v) is 19.4. The lowest BCUT2D eigenvalue weighted by atomic mass is 9.85. The summed E-state index contributed by atoms with van der Waals surface area (Å²) in [6, 6.07) is 0. The quantitative estimate of drug-likeness (QED) is 0.0288. The number of allylic oxidation sites excluding steroid dienone is 8. The Bertz CT molecular complexity index is 1080. The van der Waals surface area contributed by atoms with Crippen LogP contribution in [0, 0.1) is 0 Å². The van der Waals surface area contributed by atoms with Crippen LogP contribution in [-0.4, -0.2) is 98.3 Å². The SMILES string of the molecule is CC/C=C\C/C=C\C/C=C\C/C=C\CCCCC(=O)OC(COC(=O)CCCCCCCC)COP(=O)(O)OC1C(O)C(O)C(O)C(O)C1O. The van der Waals surface area contributed by atoms with E-state index in [0.717, 1.165) is 70.6 Å². The molecule has 1 saturated carbocycles. The Labute approximate surface area is 297 Å². The highest BCUT2D eigenvalue weighted by molar-refractivity contribution is 7.47. The van der Waals surface area contributed by atoms with Gasteiger partial charge in [-0.25, -0.2) is 4.57 Å². The van der Waals surface area contributed by atoms with E-state index in [1.165, 1.54) is 0 Å². The van der Waals surface area contributed by atoms with Gasteiger partial charge in [0.05, 0.1) is 6.61 Å². The minimum Gasteiger partial charge on any atom is -0.462 e. The molecular formula is C36H61O13P. The van der Waals surface area contributed by atoms with Crippen LogP contribution in [0.3, 0.4) is 0 Å². The van der Waals surface area contributed by atoms with Gasteiger partial charge < -0.3 is 39.9 Å². The van der Waals surface area contributed by atoms with Gasteiger partial charge in [0.25, 0.3) is 0 Å². The van der Waals surface area contributed by atoms with Crippen molar-refractivity contribution in [2.75, 3.05) is 13.2 Å². The summed E-state index contributed by atoms with van der Waals surface area (Å²) >= 11 is 0. The summed E-state index contributed by atoms with van der Waals surface area (Å²) in [5.74, 6) is -1.17. The number of rotatable bonds is 27. The van der Waals surface area contributed by atoms with Gasteiger partial charge in [-0.1, -0.05) is 94.6 Å². The zero-order chi connectivity index (χ0) is 37.2. The van der Waals surface area contributed by atoms with Gasteiger partial charge in [-0.05, 0) is 51.4 Å². The van der Waals surface area contributed by atoms with Crippen LogP contribution in [-0.2, 0) is 32.7 Å². The van der Waals surface area contributed by atoms with Gasteiger partial charge in [-0.15, -0.1) is 0 Å². The maximum Gasteiger partial charge on any atom is 0.472 e. The molecule has 6 atom stereocenters. The van der Waals surface area contributed by atoms with Crippen LogP contribution in [0.1, 0.15) is 110 Å². The molecule has 0 amide bonds. The smallest absolute Gasteiger partial charge is 0.462 e. The van der Waals surface area contributed by atoms with E-state index in [1.54, 1.807) is 0 Å². The summed E-state index contributed by atoms with van der Waals surface area (Å²) in [5.41, 5.74) is 0. The van der Waals surface area contributed by atoms with E-state index in [9.17, 15) is 44.6 Å². The number of hydrogen-bond donors (Lipinski definition) is 6. The first-order chi connectivity index (χ1) is 23.9. The van der Waals surface area contributed by atoms with Crippen molar-refractivity contribution >= 4 is 19.8 Å². The average Bonchev–Trinajstić information content (AvgIpc) is 3.09. The highest BCUT2D eigenvalue weighted by Crippen LogP contribution is 2.47. The van der Waals surface area contributed by atoms with Crippen molar-refractivity contribution in [3.05, 3.63) is 48.6 Å². The maximum atomic E-state index is 12.7.